The molecule has 3 aromatic rings. The van der Waals surface area contributed by atoms with E-state index in [4.69, 9.17) is 11.6 Å². The van der Waals surface area contributed by atoms with Crippen LogP contribution in [0, 0.1) is 5.41 Å². The number of carbonyl (C=O) groups excluding carboxylic acids is 1. The van der Waals surface area contributed by atoms with Gasteiger partial charge < -0.3 is 5.32 Å². The standard InChI is InChI=1S/C30H24Br2ClNO/c1-30(2)17-27-28(29(35)25(30)15-18-3-13-23(33)14-4-18)24(19-5-9-21(31)10-6-19)16-26(34-27)20-7-11-22(32)12-8-20/h3-16,24,34H,17H2,1-2H3/b25-15+. The van der Waals surface area contributed by atoms with E-state index in [9.17, 15) is 4.79 Å². The summed E-state index contributed by atoms with van der Waals surface area (Å²) in [7, 11) is 0. The number of benzene rings is 3. The molecule has 0 saturated heterocycles. The van der Waals surface area contributed by atoms with Crippen molar-refractivity contribution in [3.63, 3.8) is 0 Å². The normalized spacial score (nSPS) is 20.4. The van der Waals surface area contributed by atoms with Crippen LogP contribution in [-0.2, 0) is 4.79 Å². The first-order valence-electron chi connectivity index (χ1n) is 11.5. The molecule has 0 radical (unpaired) electrons. The van der Waals surface area contributed by atoms with Crippen molar-refractivity contribution in [1.29, 1.82) is 0 Å². The summed E-state index contributed by atoms with van der Waals surface area (Å²) in [6.07, 6.45) is 4.95. The number of hydrogen-bond donors (Lipinski definition) is 1. The van der Waals surface area contributed by atoms with E-state index in [0.29, 0.717) is 5.02 Å². The van der Waals surface area contributed by atoms with E-state index >= 15 is 0 Å². The zero-order valence-electron chi connectivity index (χ0n) is 19.4. The molecular weight excluding hydrogens is 586 g/mol. The highest BCUT2D eigenvalue weighted by Crippen LogP contribution is 2.48. The van der Waals surface area contributed by atoms with Crippen molar-refractivity contribution in [2.75, 3.05) is 0 Å². The Bertz CT molecular complexity index is 1380. The molecule has 2 nitrogen and oxygen atoms in total. The Hall–Kier alpha value is -2.40. The Morgan fingerprint density at radius 3 is 2.14 bits per heavy atom. The maximum Gasteiger partial charge on any atom is 0.188 e. The van der Waals surface area contributed by atoms with Gasteiger partial charge in [0.15, 0.2) is 5.78 Å². The van der Waals surface area contributed by atoms with Gasteiger partial charge in [0.1, 0.15) is 0 Å². The lowest BCUT2D eigenvalue weighted by Gasteiger charge is -2.40. The van der Waals surface area contributed by atoms with Gasteiger partial charge in [0.25, 0.3) is 0 Å². The molecule has 176 valence electrons. The number of carbonyl (C=O) groups is 1. The Kier molecular flexibility index (Phi) is 6.65. The second kappa shape index (κ2) is 9.57. The van der Waals surface area contributed by atoms with Gasteiger partial charge in [-0.1, -0.05) is 93.7 Å². The van der Waals surface area contributed by atoms with Gasteiger partial charge in [-0.3, -0.25) is 4.79 Å². The number of dihydropyridines is 1. The van der Waals surface area contributed by atoms with Gasteiger partial charge in [0.05, 0.1) is 0 Å². The third-order valence-corrected chi connectivity index (χ3v) is 7.97. The molecule has 0 amide bonds. The molecule has 5 heteroatoms. The van der Waals surface area contributed by atoms with Gasteiger partial charge in [0.2, 0.25) is 0 Å². The number of allylic oxidation sites excluding steroid dienone is 4. The summed E-state index contributed by atoms with van der Waals surface area (Å²) in [6.45, 7) is 4.29. The lowest BCUT2D eigenvalue weighted by atomic mass is 9.67. The fourth-order valence-corrected chi connectivity index (χ4v) is 5.49. The minimum atomic E-state index is -0.324. The molecule has 1 heterocycles. The van der Waals surface area contributed by atoms with E-state index in [1.54, 1.807) is 0 Å². The van der Waals surface area contributed by atoms with Crippen molar-refractivity contribution >= 4 is 61.0 Å². The lowest BCUT2D eigenvalue weighted by Crippen LogP contribution is -2.37. The summed E-state index contributed by atoms with van der Waals surface area (Å²) in [6, 6.07) is 24.2. The highest BCUT2D eigenvalue weighted by molar-refractivity contribution is 9.10. The summed E-state index contributed by atoms with van der Waals surface area (Å²) in [5.74, 6) is -0.0482. The van der Waals surface area contributed by atoms with Crippen LogP contribution in [0.5, 0.6) is 0 Å². The summed E-state index contributed by atoms with van der Waals surface area (Å²) in [4.78, 5) is 14.1. The summed E-state index contributed by atoms with van der Waals surface area (Å²) < 4.78 is 2.05. The van der Waals surface area contributed by atoms with E-state index in [0.717, 1.165) is 54.6 Å². The Morgan fingerprint density at radius 2 is 1.51 bits per heavy atom. The maximum atomic E-state index is 14.1. The molecule has 1 unspecified atom stereocenters. The lowest BCUT2D eigenvalue weighted by molar-refractivity contribution is -0.113. The molecule has 35 heavy (non-hydrogen) atoms. The molecule has 0 spiro atoms. The minimum absolute atomic E-state index is 0.0951. The van der Waals surface area contributed by atoms with Gasteiger partial charge in [-0.25, -0.2) is 0 Å². The average molecular weight is 610 g/mol. The molecule has 2 aliphatic rings. The molecule has 3 aromatic carbocycles. The third-order valence-electron chi connectivity index (χ3n) is 6.66. The largest absolute Gasteiger partial charge is 0.358 e. The summed E-state index contributed by atoms with van der Waals surface area (Å²) in [5.41, 5.74) is 6.51. The van der Waals surface area contributed by atoms with Crippen molar-refractivity contribution < 1.29 is 4.79 Å². The molecule has 1 atom stereocenters. The second-order valence-corrected chi connectivity index (χ2v) is 11.9. The van der Waals surface area contributed by atoms with Crippen LogP contribution in [0.2, 0.25) is 5.02 Å². The number of halogens is 3. The molecule has 0 bridgehead atoms. The zero-order valence-corrected chi connectivity index (χ0v) is 23.3. The molecule has 0 fully saturated rings. The van der Waals surface area contributed by atoms with Crippen molar-refractivity contribution in [3.8, 4) is 0 Å². The van der Waals surface area contributed by atoms with Crippen LogP contribution in [0.25, 0.3) is 11.8 Å². The Balaban J connectivity index is 1.63. The fraction of sp³-hybridized carbons (Fsp3) is 0.167. The number of nitrogens with one attached hydrogen (secondary N) is 1. The smallest absolute Gasteiger partial charge is 0.188 e. The quantitative estimate of drug-likeness (QED) is 0.301. The zero-order chi connectivity index (χ0) is 24.7. The fourth-order valence-electron chi connectivity index (χ4n) is 4.83. The van der Waals surface area contributed by atoms with Crippen molar-refractivity contribution in [2.45, 2.75) is 26.2 Å². The van der Waals surface area contributed by atoms with Crippen molar-refractivity contribution in [3.05, 3.63) is 126 Å². The van der Waals surface area contributed by atoms with Crippen LogP contribution in [-0.4, -0.2) is 5.78 Å². The molecule has 1 aliphatic heterocycles. The predicted octanol–water partition coefficient (Wildman–Crippen LogP) is 8.93. The third kappa shape index (κ3) is 4.97. The van der Waals surface area contributed by atoms with Crippen molar-refractivity contribution in [1.82, 2.24) is 5.32 Å². The molecule has 0 saturated carbocycles. The first kappa shape index (κ1) is 24.3. The van der Waals surface area contributed by atoms with Crippen LogP contribution in [0.3, 0.4) is 0 Å². The minimum Gasteiger partial charge on any atom is -0.358 e. The van der Waals surface area contributed by atoms with E-state index in [2.05, 4.69) is 81.4 Å². The summed E-state index contributed by atoms with van der Waals surface area (Å²) in [5, 5.41) is 4.31. The topological polar surface area (TPSA) is 29.1 Å². The highest BCUT2D eigenvalue weighted by atomic mass is 79.9. The van der Waals surface area contributed by atoms with Crippen LogP contribution >= 0.6 is 43.5 Å². The Morgan fingerprint density at radius 1 is 0.914 bits per heavy atom. The van der Waals surface area contributed by atoms with Crippen LogP contribution in [0.4, 0.5) is 0 Å². The first-order valence-corrected chi connectivity index (χ1v) is 13.4. The Labute approximate surface area is 228 Å². The summed E-state index contributed by atoms with van der Waals surface area (Å²) >= 11 is 13.2. The first-order chi connectivity index (χ1) is 16.7. The molecule has 1 aliphatic carbocycles. The molecular formula is C30H24Br2ClNO. The molecule has 5 rings (SSSR count). The second-order valence-electron chi connectivity index (χ2n) is 9.63. The number of ketones is 1. The maximum absolute atomic E-state index is 14.1. The number of hydrogen-bond acceptors (Lipinski definition) is 2. The van der Waals surface area contributed by atoms with E-state index in [1.807, 2.05) is 54.6 Å². The average Bonchev–Trinajstić information content (AvgIpc) is 2.83. The van der Waals surface area contributed by atoms with Crippen LogP contribution in [0.15, 0.2) is 105 Å². The van der Waals surface area contributed by atoms with E-state index < -0.39 is 0 Å². The highest BCUT2D eigenvalue weighted by Gasteiger charge is 2.42. The van der Waals surface area contributed by atoms with Crippen LogP contribution < -0.4 is 5.32 Å². The van der Waals surface area contributed by atoms with Gasteiger partial charge in [-0.2, -0.15) is 0 Å². The van der Waals surface area contributed by atoms with Gasteiger partial charge in [-0.05, 0) is 77.1 Å². The van der Waals surface area contributed by atoms with Crippen LogP contribution in [0.1, 0.15) is 42.9 Å². The monoisotopic (exact) mass is 607 g/mol. The van der Waals surface area contributed by atoms with Crippen molar-refractivity contribution in [2.24, 2.45) is 5.41 Å². The van der Waals surface area contributed by atoms with Gasteiger partial charge in [-0.15, -0.1) is 0 Å². The number of rotatable bonds is 3. The predicted molar refractivity (Wildman–Crippen MR) is 152 cm³/mol. The van der Waals surface area contributed by atoms with Gasteiger partial charge in [0, 0.05) is 42.4 Å². The van der Waals surface area contributed by atoms with Gasteiger partial charge >= 0.3 is 0 Å². The molecule has 1 N–H and O–H groups in total. The SMILES string of the molecule is CC1(C)CC2=C(C(=O)/C1=C\c1ccc(Cl)cc1)C(c1ccc(Br)cc1)C=C(c1ccc(Br)cc1)N2. The number of Topliss-reactive ketones (excluding diaryl/α,β-unsaturated/α-hetero) is 1. The molecule has 0 aromatic heterocycles. The van der Waals surface area contributed by atoms with E-state index in [-0.39, 0.29) is 17.1 Å². The van der Waals surface area contributed by atoms with E-state index in [1.165, 1.54) is 0 Å².